The number of carbonyl (C=O) groups is 2. The fraction of sp³-hybridized carbons (Fsp3) is 0.300. The number of amides is 1. The molecule has 1 fully saturated rings. The minimum atomic E-state index is -0.517. The van der Waals surface area contributed by atoms with Crippen LogP contribution in [0.4, 0.5) is 5.69 Å². The van der Waals surface area contributed by atoms with Gasteiger partial charge in [-0.3, -0.25) is 9.59 Å². The number of hydrogen-bond donors (Lipinski definition) is 1. The van der Waals surface area contributed by atoms with Gasteiger partial charge in [-0.15, -0.1) is 0 Å². The van der Waals surface area contributed by atoms with Crippen LogP contribution < -0.4 is 10.2 Å². The van der Waals surface area contributed by atoms with Gasteiger partial charge in [0.15, 0.2) is 0 Å². The summed E-state index contributed by atoms with van der Waals surface area (Å²) in [6.07, 6.45) is 1.02. The molecule has 1 aliphatic heterocycles. The smallest absolute Gasteiger partial charge is 0.292 e. The average molecular weight is 322 g/mol. The van der Waals surface area contributed by atoms with Crippen LogP contribution in [-0.4, -0.2) is 31.3 Å². The van der Waals surface area contributed by atoms with Crippen molar-refractivity contribution in [1.82, 2.24) is 5.32 Å². The third-order valence-corrected chi connectivity index (χ3v) is 4.48. The van der Waals surface area contributed by atoms with E-state index in [1.54, 1.807) is 12.1 Å². The lowest BCUT2D eigenvalue weighted by atomic mass is 10.1. The van der Waals surface area contributed by atoms with Crippen molar-refractivity contribution >= 4 is 17.4 Å². The molecule has 1 saturated heterocycles. The standard InChI is InChI=1S/C20H22N2O2/c1-15-7-9-17(10-8-15)19(23)20(24)21-13-16-11-12-22(14-16)18-5-3-2-4-6-18/h2-10,16H,11-14H2,1H3,(H,21,24)/t16-/m1/s1. The molecule has 4 nitrogen and oxygen atoms in total. The predicted molar refractivity (Wildman–Crippen MR) is 95.3 cm³/mol. The monoisotopic (exact) mass is 322 g/mol. The molecule has 1 heterocycles. The van der Waals surface area contributed by atoms with Gasteiger partial charge < -0.3 is 10.2 Å². The van der Waals surface area contributed by atoms with Crippen molar-refractivity contribution in [2.75, 3.05) is 24.5 Å². The van der Waals surface area contributed by atoms with Crippen molar-refractivity contribution in [3.8, 4) is 0 Å². The van der Waals surface area contributed by atoms with Crippen molar-refractivity contribution < 1.29 is 9.59 Å². The van der Waals surface area contributed by atoms with Gasteiger partial charge in [0, 0.05) is 30.9 Å². The van der Waals surface area contributed by atoms with Crippen LogP contribution in [0, 0.1) is 12.8 Å². The summed E-state index contributed by atoms with van der Waals surface area (Å²) in [6.45, 7) is 4.38. The zero-order chi connectivity index (χ0) is 16.9. The number of rotatable bonds is 5. The minimum Gasteiger partial charge on any atom is -0.371 e. The number of nitrogens with one attached hydrogen (secondary N) is 1. The van der Waals surface area contributed by atoms with Crippen LogP contribution in [0.3, 0.4) is 0 Å². The molecule has 4 heteroatoms. The van der Waals surface area contributed by atoms with Gasteiger partial charge in [0.25, 0.3) is 5.91 Å². The number of benzene rings is 2. The summed E-state index contributed by atoms with van der Waals surface area (Å²) >= 11 is 0. The summed E-state index contributed by atoms with van der Waals surface area (Å²) in [5.41, 5.74) is 2.72. The van der Waals surface area contributed by atoms with E-state index in [1.165, 1.54) is 5.69 Å². The first-order chi connectivity index (χ1) is 11.6. The third-order valence-electron chi connectivity index (χ3n) is 4.48. The molecule has 0 bridgehead atoms. The number of carbonyl (C=O) groups excluding carboxylic acids is 2. The number of anilines is 1. The summed E-state index contributed by atoms with van der Waals surface area (Å²) in [4.78, 5) is 26.5. The molecule has 2 aromatic carbocycles. The predicted octanol–water partition coefficient (Wildman–Crippen LogP) is 2.82. The van der Waals surface area contributed by atoms with Gasteiger partial charge in [-0.25, -0.2) is 0 Å². The number of nitrogens with zero attached hydrogens (tertiary/aromatic N) is 1. The van der Waals surface area contributed by atoms with E-state index in [-0.39, 0.29) is 0 Å². The Balaban J connectivity index is 1.50. The molecule has 3 rings (SSSR count). The summed E-state index contributed by atoms with van der Waals surface area (Å²) in [5, 5.41) is 2.79. The van der Waals surface area contributed by atoms with Crippen molar-refractivity contribution in [3.05, 3.63) is 65.7 Å². The Labute approximate surface area is 142 Å². The maximum absolute atomic E-state index is 12.1. The van der Waals surface area contributed by atoms with Crippen LogP contribution in [0.15, 0.2) is 54.6 Å². The Morgan fingerprint density at radius 3 is 2.50 bits per heavy atom. The zero-order valence-electron chi connectivity index (χ0n) is 13.9. The Hall–Kier alpha value is -2.62. The Morgan fingerprint density at radius 2 is 1.79 bits per heavy atom. The van der Waals surface area contributed by atoms with Gasteiger partial charge in [0.1, 0.15) is 0 Å². The van der Waals surface area contributed by atoms with E-state index in [9.17, 15) is 9.59 Å². The van der Waals surface area contributed by atoms with Gasteiger partial charge in [-0.05, 0) is 31.4 Å². The van der Waals surface area contributed by atoms with Gasteiger partial charge in [-0.2, -0.15) is 0 Å². The van der Waals surface area contributed by atoms with Crippen LogP contribution in [0.5, 0.6) is 0 Å². The lowest BCUT2D eigenvalue weighted by Gasteiger charge is -2.18. The quantitative estimate of drug-likeness (QED) is 0.680. The maximum atomic E-state index is 12.1. The van der Waals surface area contributed by atoms with Crippen molar-refractivity contribution in [2.24, 2.45) is 5.92 Å². The molecule has 1 aliphatic rings. The molecule has 0 saturated carbocycles. The molecule has 0 unspecified atom stereocenters. The number of para-hydroxylation sites is 1. The van der Waals surface area contributed by atoms with E-state index < -0.39 is 11.7 Å². The molecular weight excluding hydrogens is 300 g/mol. The van der Waals surface area contributed by atoms with Crippen LogP contribution in [0.25, 0.3) is 0 Å². The van der Waals surface area contributed by atoms with E-state index >= 15 is 0 Å². The molecule has 0 radical (unpaired) electrons. The first-order valence-electron chi connectivity index (χ1n) is 8.32. The SMILES string of the molecule is Cc1ccc(C(=O)C(=O)NC[C@H]2CCN(c3ccccc3)C2)cc1. The second-order valence-corrected chi connectivity index (χ2v) is 6.34. The van der Waals surface area contributed by atoms with E-state index in [1.807, 2.05) is 37.3 Å². The molecule has 0 spiro atoms. The molecule has 2 aromatic rings. The molecular formula is C20H22N2O2. The average Bonchev–Trinajstić information content (AvgIpc) is 3.09. The molecule has 124 valence electrons. The summed E-state index contributed by atoms with van der Waals surface area (Å²) < 4.78 is 0. The number of aryl methyl sites for hydroxylation is 1. The van der Waals surface area contributed by atoms with Crippen LogP contribution in [0.2, 0.25) is 0 Å². The number of hydrogen-bond acceptors (Lipinski definition) is 3. The van der Waals surface area contributed by atoms with Crippen molar-refractivity contribution in [1.29, 1.82) is 0 Å². The zero-order valence-corrected chi connectivity index (χ0v) is 13.9. The van der Waals surface area contributed by atoms with E-state index in [0.717, 1.165) is 25.1 Å². The lowest BCUT2D eigenvalue weighted by molar-refractivity contribution is -0.117. The van der Waals surface area contributed by atoms with Gasteiger partial charge in [0.2, 0.25) is 5.78 Å². The molecule has 1 N–H and O–H groups in total. The largest absolute Gasteiger partial charge is 0.371 e. The molecule has 24 heavy (non-hydrogen) atoms. The highest BCUT2D eigenvalue weighted by molar-refractivity contribution is 6.42. The van der Waals surface area contributed by atoms with Crippen LogP contribution in [-0.2, 0) is 4.79 Å². The van der Waals surface area contributed by atoms with Crippen molar-refractivity contribution in [2.45, 2.75) is 13.3 Å². The Bertz CT molecular complexity index is 710. The third kappa shape index (κ3) is 3.82. The summed E-state index contributed by atoms with van der Waals surface area (Å²) in [7, 11) is 0. The highest BCUT2D eigenvalue weighted by Crippen LogP contribution is 2.22. The van der Waals surface area contributed by atoms with Gasteiger partial charge in [-0.1, -0.05) is 48.0 Å². The number of Topliss-reactive ketones (excluding diaryl/α,β-unsaturated/α-hetero) is 1. The van der Waals surface area contributed by atoms with Gasteiger partial charge in [0.05, 0.1) is 0 Å². The van der Waals surface area contributed by atoms with E-state index in [4.69, 9.17) is 0 Å². The van der Waals surface area contributed by atoms with E-state index in [2.05, 4.69) is 22.3 Å². The highest BCUT2D eigenvalue weighted by atomic mass is 16.2. The van der Waals surface area contributed by atoms with Crippen LogP contribution in [0.1, 0.15) is 22.3 Å². The second kappa shape index (κ2) is 7.30. The molecule has 0 aliphatic carbocycles. The summed E-state index contributed by atoms with van der Waals surface area (Å²) in [5.74, 6) is -0.607. The second-order valence-electron chi connectivity index (χ2n) is 6.34. The number of ketones is 1. The maximum Gasteiger partial charge on any atom is 0.292 e. The lowest BCUT2D eigenvalue weighted by Crippen LogP contribution is -2.35. The Morgan fingerprint density at radius 1 is 1.08 bits per heavy atom. The highest BCUT2D eigenvalue weighted by Gasteiger charge is 2.24. The van der Waals surface area contributed by atoms with Crippen LogP contribution >= 0.6 is 0 Å². The topological polar surface area (TPSA) is 49.4 Å². The van der Waals surface area contributed by atoms with Gasteiger partial charge >= 0.3 is 0 Å². The first kappa shape index (κ1) is 16.2. The molecule has 0 aromatic heterocycles. The Kier molecular flexibility index (Phi) is 4.94. The molecule has 1 atom stereocenters. The normalized spacial score (nSPS) is 16.9. The summed E-state index contributed by atoms with van der Waals surface area (Å²) in [6, 6.07) is 17.4. The minimum absolute atomic E-state index is 0.375. The van der Waals surface area contributed by atoms with E-state index in [0.29, 0.717) is 18.0 Å². The first-order valence-corrected chi connectivity index (χ1v) is 8.32. The molecule has 1 amide bonds. The fourth-order valence-corrected chi connectivity index (χ4v) is 3.03. The van der Waals surface area contributed by atoms with Crippen molar-refractivity contribution in [3.63, 3.8) is 0 Å². The fourth-order valence-electron chi connectivity index (χ4n) is 3.03.